The molecule has 0 amide bonds. The van der Waals surface area contributed by atoms with Gasteiger partial charge in [-0.05, 0) is 75.2 Å². The van der Waals surface area contributed by atoms with Crippen LogP contribution in [0.4, 0.5) is 0 Å². The fourth-order valence-corrected chi connectivity index (χ4v) is 1.67. The summed E-state index contributed by atoms with van der Waals surface area (Å²) in [5.41, 5.74) is 3.70. The molecule has 0 bridgehead atoms. The van der Waals surface area contributed by atoms with Gasteiger partial charge in [0.15, 0.2) is 0 Å². The Kier molecular flexibility index (Phi) is 15.6. The van der Waals surface area contributed by atoms with Gasteiger partial charge in [-0.25, -0.2) is 0 Å². The summed E-state index contributed by atoms with van der Waals surface area (Å²) >= 11 is 10.4. The molecule has 3 N–H and O–H groups in total. The van der Waals surface area contributed by atoms with E-state index in [9.17, 15) is 9.59 Å². The van der Waals surface area contributed by atoms with Crippen molar-refractivity contribution in [1.82, 2.24) is 5.43 Å². The Bertz CT molecular complexity index is 688. The number of hydrogen-bond acceptors (Lipinski definition) is 5. The number of hydrogen-bond donors (Lipinski definition) is 2. The summed E-state index contributed by atoms with van der Waals surface area (Å²) in [6, 6.07) is 15.5. The zero-order valence-electron chi connectivity index (χ0n) is 16.4. The molecule has 2 rings (SSSR count). The van der Waals surface area contributed by atoms with Crippen molar-refractivity contribution in [3.63, 3.8) is 0 Å². The second-order valence-electron chi connectivity index (χ2n) is 6.27. The molecule has 0 saturated carbocycles. The Morgan fingerprint density at radius 2 is 1.32 bits per heavy atom. The number of benzene rings is 2. The Morgan fingerprint density at radius 1 is 0.929 bits per heavy atom. The van der Waals surface area contributed by atoms with Crippen LogP contribution >= 0.6 is 35.6 Å². The molecule has 0 unspecified atom stereocenters. The maximum atomic E-state index is 10.6. The molecule has 0 spiro atoms. The van der Waals surface area contributed by atoms with Crippen molar-refractivity contribution in [2.45, 2.75) is 33.2 Å². The standard InChI is InChI=1S/C9H9ClO2.C7H5ClO.C4H12N2.ClH/c1-2-12-8-5-3-7(4-6-8)9(10)11;8-7(9)6-4-2-1-3-5-6;1-4(2,3)6-5;/h3-6H,2H2,1H3;1-5H;6H,5H2,1-3H3;1H. The summed E-state index contributed by atoms with van der Waals surface area (Å²) < 4.78 is 5.19. The number of carbonyl (C=O) groups is 2. The van der Waals surface area contributed by atoms with Crippen molar-refractivity contribution >= 4 is 46.1 Å². The van der Waals surface area contributed by atoms with Crippen LogP contribution in [0.2, 0.25) is 0 Å². The lowest BCUT2D eigenvalue weighted by Crippen LogP contribution is -2.41. The van der Waals surface area contributed by atoms with Crippen LogP contribution in [-0.4, -0.2) is 22.6 Å². The van der Waals surface area contributed by atoms with Crippen LogP contribution in [0.15, 0.2) is 54.6 Å². The lowest BCUT2D eigenvalue weighted by Gasteiger charge is -2.14. The van der Waals surface area contributed by atoms with Gasteiger partial charge in [-0.2, -0.15) is 0 Å². The maximum absolute atomic E-state index is 10.6. The van der Waals surface area contributed by atoms with E-state index in [2.05, 4.69) is 5.43 Å². The largest absolute Gasteiger partial charge is 0.494 e. The van der Waals surface area contributed by atoms with E-state index in [-0.39, 0.29) is 17.9 Å². The molecular weight excluding hydrogens is 423 g/mol. The summed E-state index contributed by atoms with van der Waals surface area (Å²) in [6.07, 6.45) is 0. The first-order valence-electron chi connectivity index (χ1n) is 8.26. The van der Waals surface area contributed by atoms with Gasteiger partial charge >= 0.3 is 0 Å². The van der Waals surface area contributed by atoms with Crippen molar-refractivity contribution in [3.05, 3.63) is 65.7 Å². The number of hydrazine groups is 1. The van der Waals surface area contributed by atoms with Gasteiger partial charge in [-0.15, -0.1) is 12.4 Å². The fraction of sp³-hybridized carbons (Fsp3) is 0.300. The predicted octanol–water partition coefficient (Wildman–Crippen LogP) is 5.20. The first-order chi connectivity index (χ1) is 12.6. The van der Waals surface area contributed by atoms with Crippen LogP contribution in [0.3, 0.4) is 0 Å². The lowest BCUT2D eigenvalue weighted by molar-refractivity contribution is 0.107. The van der Waals surface area contributed by atoms with E-state index in [4.69, 9.17) is 33.8 Å². The normalized spacial score (nSPS) is 9.54. The second-order valence-corrected chi connectivity index (χ2v) is 6.95. The zero-order chi connectivity index (χ0) is 20.9. The van der Waals surface area contributed by atoms with Gasteiger partial charge in [0.25, 0.3) is 10.5 Å². The summed E-state index contributed by atoms with van der Waals surface area (Å²) in [4.78, 5) is 21.0. The SMILES string of the molecule is CC(C)(C)NN.CCOc1ccc(C(=O)Cl)cc1.Cl.O=C(Cl)c1ccccc1. The first-order valence-corrected chi connectivity index (χ1v) is 9.01. The molecule has 28 heavy (non-hydrogen) atoms. The molecule has 0 radical (unpaired) electrons. The van der Waals surface area contributed by atoms with Gasteiger partial charge < -0.3 is 4.74 Å². The van der Waals surface area contributed by atoms with Gasteiger partial charge in [0.2, 0.25) is 0 Å². The number of halogens is 3. The van der Waals surface area contributed by atoms with Crippen molar-refractivity contribution in [2.75, 3.05) is 6.61 Å². The summed E-state index contributed by atoms with van der Waals surface area (Å²) in [5, 5.41) is -0.853. The molecule has 0 aliphatic heterocycles. The number of rotatable bonds is 4. The third-order valence-electron chi connectivity index (χ3n) is 2.83. The van der Waals surface area contributed by atoms with Gasteiger partial charge in [0.1, 0.15) is 5.75 Å². The molecule has 0 saturated heterocycles. The average molecular weight is 450 g/mol. The number of nitrogens with two attached hydrogens (primary N) is 1. The summed E-state index contributed by atoms with van der Waals surface area (Å²) in [5.74, 6) is 5.80. The lowest BCUT2D eigenvalue weighted by atomic mass is 10.1. The first kappa shape index (κ1) is 28.6. The van der Waals surface area contributed by atoms with Gasteiger partial charge in [-0.1, -0.05) is 30.3 Å². The number of ether oxygens (including phenoxy) is 1. The molecule has 2 aromatic rings. The molecular formula is C20H27Cl3N2O3. The minimum Gasteiger partial charge on any atom is -0.494 e. The summed E-state index contributed by atoms with van der Waals surface area (Å²) in [7, 11) is 0. The average Bonchev–Trinajstić information content (AvgIpc) is 2.63. The van der Waals surface area contributed by atoms with E-state index in [0.29, 0.717) is 17.7 Å². The van der Waals surface area contributed by atoms with Crippen LogP contribution < -0.4 is 16.0 Å². The zero-order valence-corrected chi connectivity index (χ0v) is 18.7. The van der Waals surface area contributed by atoms with E-state index in [1.807, 2.05) is 33.8 Å². The highest BCUT2D eigenvalue weighted by Gasteiger charge is 2.02. The Hall–Kier alpha value is -1.63. The molecule has 0 aliphatic carbocycles. The van der Waals surface area contributed by atoms with E-state index >= 15 is 0 Å². The molecule has 2 aromatic carbocycles. The minimum absolute atomic E-state index is 0. The van der Waals surface area contributed by atoms with E-state index in [1.54, 1.807) is 48.5 Å². The topological polar surface area (TPSA) is 81.4 Å². The summed E-state index contributed by atoms with van der Waals surface area (Å²) in [6.45, 7) is 8.54. The Balaban J connectivity index is 0. The van der Waals surface area contributed by atoms with Crippen LogP contribution in [0.1, 0.15) is 48.4 Å². The smallest absolute Gasteiger partial charge is 0.252 e. The predicted molar refractivity (Wildman–Crippen MR) is 119 cm³/mol. The van der Waals surface area contributed by atoms with Gasteiger partial charge in [-0.3, -0.25) is 20.9 Å². The highest BCUT2D eigenvalue weighted by molar-refractivity contribution is 6.68. The van der Waals surface area contributed by atoms with Gasteiger partial charge in [0.05, 0.1) is 6.61 Å². The fourth-order valence-electron chi connectivity index (χ4n) is 1.42. The van der Waals surface area contributed by atoms with Crippen molar-refractivity contribution in [1.29, 1.82) is 0 Å². The van der Waals surface area contributed by atoms with Crippen molar-refractivity contribution in [3.8, 4) is 5.75 Å². The maximum Gasteiger partial charge on any atom is 0.252 e. The monoisotopic (exact) mass is 448 g/mol. The van der Waals surface area contributed by atoms with Crippen molar-refractivity contribution in [2.24, 2.45) is 5.84 Å². The van der Waals surface area contributed by atoms with E-state index in [1.165, 1.54) is 0 Å². The molecule has 156 valence electrons. The second kappa shape index (κ2) is 15.3. The molecule has 0 fully saturated rings. The highest BCUT2D eigenvalue weighted by Crippen LogP contribution is 2.13. The number of carbonyl (C=O) groups excluding carboxylic acids is 2. The Labute approximate surface area is 182 Å². The Morgan fingerprint density at radius 3 is 1.61 bits per heavy atom. The van der Waals surface area contributed by atoms with Crippen LogP contribution in [0.25, 0.3) is 0 Å². The molecule has 5 nitrogen and oxygen atoms in total. The molecule has 0 aliphatic rings. The van der Waals surface area contributed by atoms with Crippen LogP contribution in [0, 0.1) is 0 Å². The van der Waals surface area contributed by atoms with Crippen molar-refractivity contribution < 1.29 is 14.3 Å². The van der Waals surface area contributed by atoms with E-state index in [0.717, 1.165) is 5.75 Å². The third-order valence-corrected chi connectivity index (χ3v) is 3.26. The molecule has 0 atom stereocenters. The van der Waals surface area contributed by atoms with E-state index < -0.39 is 10.5 Å². The molecule has 0 aromatic heterocycles. The van der Waals surface area contributed by atoms with Crippen LogP contribution in [0.5, 0.6) is 5.75 Å². The molecule has 8 heteroatoms. The highest BCUT2D eigenvalue weighted by atomic mass is 35.5. The third kappa shape index (κ3) is 14.4. The number of nitrogens with one attached hydrogen (secondary N) is 1. The van der Waals surface area contributed by atoms with Crippen LogP contribution in [-0.2, 0) is 0 Å². The van der Waals surface area contributed by atoms with Gasteiger partial charge in [0, 0.05) is 16.7 Å². The minimum atomic E-state index is -0.446. The molecule has 0 heterocycles. The quantitative estimate of drug-likeness (QED) is 0.381.